The third-order valence-electron chi connectivity index (χ3n) is 1.63. The van der Waals surface area contributed by atoms with Gasteiger partial charge in [0.1, 0.15) is 5.82 Å². The molecule has 0 spiro atoms. The van der Waals surface area contributed by atoms with E-state index in [9.17, 15) is 4.39 Å². The lowest BCUT2D eigenvalue weighted by atomic mass is 10.1. The van der Waals surface area contributed by atoms with E-state index >= 15 is 0 Å². The average Bonchev–Trinajstić information content (AvgIpc) is 1.96. The van der Waals surface area contributed by atoms with Crippen molar-refractivity contribution in [3.05, 3.63) is 35.1 Å². The molecule has 1 aromatic carbocycles. The van der Waals surface area contributed by atoms with Crippen molar-refractivity contribution >= 4 is 5.84 Å². The van der Waals surface area contributed by atoms with Crippen LogP contribution in [-0.2, 0) is 6.42 Å². The highest BCUT2D eigenvalue weighted by atomic mass is 19.1. The van der Waals surface area contributed by atoms with E-state index in [2.05, 4.69) is 0 Å². The van der Waals surface area contributed by atoms with Crippen molar-refractivity contribution in [3.8, 4) is 0 Å². The molecule has 64 valence electrons. The van der Waals surface area contributed by atoms with Crippen LogP contribution in [0.1, 0.15) is 11.1 Å². The van der Waals surface area contributed by atoms with Crippen LogP contribution in [0.15, 0.2) is 18.2 Å². The largest absolute Gasteiger partial charge is 0.387 e. The van der Waals surface area contributed by atoms with Gasteiger partial charge in [-0.1, -0.05) is 12.1 Å². The van der Waals surface area contributed by atoms with E-state index in [1.54, 1.807) is 19.1 Å². The van der Waals surface area contributed by atoms with Gasteiger partial charge in [-0.05, 0) is 24.1 Å². The Labute approximate surface area is 70.7 Å². The summed E-state index contributed by atoms with van der Waals surface area (Å²) in [6, 6.07) is 4.88. The summed E-state index contributed by atoms with van der Waals surface area (Å²) in [5.41, 5.74) is 6.53. The molecule has 0 atom stereocenters. The third-order valence-corrected chi connectivity index (χ3v) is 1.63. The van der Waals surface area contributed by atoms with E-state index in [0.717, 1.165) is 5.56 Å². The van der Waals surface area contributed by atoms with Gasteiger partial charge in [-0.3, -0.25) is 5.41 Å². The Hall–Kier alpha value is -1.38. The number of nitrogens with one attached hydrogen (secondary N) is 1. The van der Waals surface area contributed by atoms with Crippen LogP contribution in [0.25, 0.3) is 0 Å². The fourth-order valence-corrected chi connectivity index (χ4v) is 0.966. The van der Waals surface area contributed by atoms with E-state index in [1.807, 2.05) is 0 Å². The Kier molecular flexibility index (Phi) is 2.43. The number of rotatable bonds is 2. The minimum absolute atomic E-state index is 0.0539. The molecule has 2 nitrogen and oxygen atoms in total. The SMILES string of the molecule is Cc1ccc(CC(=N)N)cc1F. The molecule has 3 N–H and O–H groups in total. The van der Waals surface area contributed by atoms with Crippen LogP contribution in [0.4, 0.5) is 4.39 Å². The highest BCUT2D eigenvalue weighted by Gasteiger charge is 1.99. The molecule has 0 amide bonds. The van der Waals surface area contributed by atoms with E-state index in [1.165, 1.54) is 6.07 Å². The molecular weight excluding hydrogens is 155 g/mol. The molecule has 0 saturated carbocycles. The Morgan fingerprint density at radius 1 is 1.58 bits per heavy atom. The highest BCUT2D eigenvalue weighted by molar-refractivity contribution is 5.79. The van der Waals surface area contributed by atoms with Gasteiger partial charge in [0.25, 0.3) is 0 Å². The van der Waals surface area contributed by atoms with Gasteiger partial charge in [-0.15, -0.1) is 0 Å². The van der Waals surface area contributed by atoms with Crippen molar-refractivity contribution in [3.63, 3.8) is 0 Å². The molecule has 0 bridgehead atoms. The van der Waals surface area contributed by atoms with E-state index < -0.39 is 0 Å². The quantitative estimate of drug-likeness (QED) is 0.509. The lowest BCUT2D eigenvalue weighted by Crippen LogP contribution is -2.12. The first-order valence-corrected chi connectivity index (χ1v) is 3.67. The Morgan fingerprint density at radius 2 is 2.25 bits per heavy atom. The van der Waals surface area contributed by atoms with Gasteiger partial charge in [0, 0.05) is 6.42 Å². The summed E-state index contributed by atoms with van der Waals surface area (Å²) in [6.45, 7) is 1.70. The lowest BCUT2D eigenvalue weighted by Gasteiger charge is -2.01. The van der Waals surface area contributed by atoms with Crippen molar-refractivity contribution in [2.75, 3.05) is 0 Å². The summed E-state index contributed by atoms with van der Waals surface area (Å²) in [4.78, 5) is 0. The zero-order valence-electron chi connectivity index (χ0n) is 6.89. The standard InChI is InChI=1S/C9H11FN2/c1-6-2-3-7(4-8(6)10)5-9(11)12/h2-4H,5H2,1H3,(H3,11,12). The molecule has 1 aromatic rings. The number of hydrogen-bond donors (Lipinski definition) is 2. The first-order chi connectivity index (χ1) is 5.59. The monoisotopic (exact) mass is 166 g/mol. The van der Waals surface area contributed by atoms with Crippen molar-refractivity contribution in [1.29, 1.82) is 5.41 Å². The summed E-state index contributed by atoms with van der Waals surface area (Å²) in [7, 11) is 0. The first kappa shape index (κ1) is 8.71. The predicted molar refractivity (Wildman–Crippen MR) is 46.8 cm³/mol. The van der Waals surface area contributed by atoms with Gasteiger partial charge in [0.05, 0.1) is 5.84 Å². The van der Waals surface area contributed by atoms with Crippen LogP contribution in [0.2, 0.25) is 0 Å². The number of aryl methyl sites for hydroxylation is 1. The average molecular weight is 166 g/mol. The van der Waals surface area contributed by atoms with Crippen LogP contribution in [0.3, 0.4) is 0 Å². The van der Waals surface area contributed by atoms with Crippen molar-refractivity contribution in [2.45, 2.75) is 13.3 Å². The van der Waals surface area contributed by atoms with E-state index in [-0.39, 0.29) is 11.7 Å². The number of benzene rings is 1. The number of amidine groups is 1. The van der Waals surface area contributed by atoms with Crippen molar-refractivity contribution in [2.24, 2.45) is 5.73 Å². The van der Waals surface area contributed by atoms with E-state index in [0.29, 0.717) is 12.0 Å². The van der Waals surface area contributed by atoms with Crippen molar-refractivity contribution < 1.29 is 4.39 Å². The Morgan fingerprint density at radius 3 is 2.75 bits per heavy atom. The van der Waals surface area contributed by atoms with Crippen LogP contribution >= 0.6 is 0 Å². The molecule has 1 rings (SSSR count). The van der Waals surface area contributed by atoms with Gasteiger partial charge >= 0.3 is 0 Å². The van der Waals surface area contributed by atoms with Gasteiger partial charge in [0.15, 0.2) is 0 Å². The molecule has 12 heavy (non-hydrogen) atoms. The van der Waals surface area contributed by atoms with Crippen LogP contribution in [-0.4, -0.2) is 5.84 Å². The molecule has 0 aliphatic rings. The normalized spacial score (nSPS) is 9.83. The molecule has 0 heterocycles. The number of nitrogens with two attached hydrogens (primary N) is 1. The zero-order valence-corrected chi connectivity index (χ0v) is 6.89. The van der Waals surface area contributed by atoms with Crippen LogP contribution in [0.5, 0.6) is 0 Å². The molecular formula is C9H11FN2. The molecule has 0 unspecified atom stereocenters. The summed E-state index contributed by atoms with van der Waals surface area (Å²) < 4.78 is 12.9. The molecule has 3 heteroatoms. The second kappa shape index (κ2) is 3.34. The third kappa shape index (κ3) is 2.05. The molecule has 0 aromatic heterocycles. The first-order valence-electron chi connectivity index (χ1n) is 3.67. The molecule has 0 saturated heterocycles. The zero-order chi connectivity index (χ0) is 9.14. The van der Waals surface area contributed by atoms with Crippen LogP contribution < -0.4 is 5.73 Å². The minimum atomic E-state index is -0.242. The summed E-state index contributed by atoms with van der Waals surface area (Å²) >= 11 is 0. The number of hydrogen-bond acceptors (Lipinski definition) is 1. The fourth-order valence-electron chi connectivity index (χ4n) is 0.966. The van der Waals surface area contributed by atoms with Crippen molar-refractivity contribution in [1.82, 2.24) is 0 Å². The molecule has 0 aliphatic heterocycles. The predicted octanol–water partition coefficient (Wildman–Crippen LogP) is 1.61. The lowest BCUT2D eigenvalue weighted by molar-refractivity contribution is 0.617. The number of halogens is 1. The van der Waals surface area contributed by atoms with Gasteiger partial charge in [-0.2, -0.15) is 0 Å². The maximum atomic E-state index is 12.9. The van der Waals surface area contributed by atoms with Gasteiger partial charge in [0.2, 0.25) is 0 Å². The maximum Gasteiger partial charge on any atom is 0.126 e. The summed E-state index contributed by atoms with van der Waals surface area (Å²) in [6.07, 6.45) is 0.317. The molecule has 0 aliphatic carbocycles. The smallest absolute Gasteiger partial charge is 0.126 e. The second-order valence-corrected chi connectivity index (χ2v) is 2.79. The Balaban J connectivity index is 2.89. The fraction of sp³-hybridized carbons (Fsp3) is 0.222. The minimum Gasteiger partial charge on any atom is -0.387 e. The van der Waals surface area contributed by atoms with Gasteiger partial charge < -0.3 is 5.73 Å². The van der Waals surface area contributed by atoms with Crippen LogP contribution in [0, 0.1) is 18.2 Å². The summed E-state index contributed by atoms with van der Waals surface area (Å²) in [5.74, 6) is -0.188. The molecule has 0 radical (unpaired) electrons. The topological polar surface area (TPSA) is 49.9 Å². The highest BCUT2D eigenvalue weighted by Crippen LogP contribution is 2.09. The molecule has 0 fully saturated rings. The van der Waals surface area contributed by atoms with Gasteiger partial charge in [-0.25, -0.2) is 4.39 Å². The second-order valence-electron chi connectivity index (χ2n) is 2.79. The van der Waals surface area contributed by atoms with E-state index in [4.69, 9.17) is 11.1 Å². The summed E-state index contributed by atoms with van der Waals surface area (Å²) in [5, 5.41) is 7.01. The Bertz CT molecular complexity index is 307. The maximum absolute atomic E-state index is 12.9.